The molecule has 26 heavy (non-hydrogen) atoms. The molecule has 1 aliphatic rings. The lowest BCUT2D eigenvalue weighted by Gasteiger charge is -2.14. The van der Waals surface area contributed by atoms with Gasteiger partial charge in [0.25, 0.3) is 0 Å². The second-order valence-electron chi connectivity index (χ2n) is 7.34. The molecule has 1 atom stereocenters. The van der Waals surface area contributed by atoms with Crippen molar-refractivity contribution < 1.29 is 4.52 Å². The zero-order chi connectivity index (χ0) is 18.1. The van der Waals surface area contributed by atoms with Crippen LogP contribution < -0.4 is 0 Å². The maximum atomic E-state index is 5.29. The molecule has 136 valence electrons. The minimum atomic E-state index is 0.645. The molecule has 1 fully saturated rings. The number of likely N-dealkylation sites (tertiary alicyclic amines) is 1. The summed E-state index contributed by atoms with van der Waals surface area (Å²) in [6.07, 6.45) is 6.19. The lowest BCUT2D eigenvalue weighted by Crippen LogP contribution is -2.21. The average Bonchev–Trinajstić information content (AvgIpc) is 3.30. The van der Waals surface area contributed by atoms with Gasteiger partial charge in [0.2, 0.25) is 0 Å². The fourth-order valence-corrected chi connectivity index (χ4v) is 3.88. The van der Waals surface area contributed by atoms with E-state index < -0.39 is 0 Å². The molecule has 0 aromatic carbocycles. The summed E-state index contributed by atoms with van der Waals surface area (Å²) in [6, 6.07) is 6.26. The van der Waals surface area contributed by atoms with Crippen molar-refractivity contribution in [1.82, 2.24) is 24.6 Å². The molecule has 0 aliphatic carbocycles. The predicted octanol–water partition coefficient (Wildman–Crippen LogP) is 3.15. The molecule has 0 N–H and O–H groups in total. The number of aromatic nitrogens is 4. The number of hydrogen-bond donors (Lipinski definition) is 0. The first-order chi connectivity index (χ1) is 12.6. The second kappa shape index (κ2) is 7.03. The molecule has 4 rings (SSSR count). The van der Waals surface area contributed by atoms with Crippen LogP contribution in [0.3, 0.4) is 0 Å². The summed E-state index contributed by atoms with van der Waals surface area (Å²) in [4.78, 5) is 11.8. The highest BCUT2D eigenvalue weighted by Crippen LogP contribution is 2.27. The van der Waals surface area contributed by atoms with Gasteiger partial charge in [0.05, 0.1) is 29.0 Å². The van der Waals surface area contributed by atoms with Gasteiger partial charge in [-0.15, -0.1) is 0 Å². The van der Waals surface area contributed by atoms with Gasteiger partial charge >= 0.3 is 0 Å². The standard InChI is InChI=1S/C20H25N5O/c1-14-20(15(2)26-23-14)19-6-4-5-17(22-19)9-16-7-8-25(10-16)12-18-11-24(3)13-21-18/h4-6,11,13,16H,7-10,12H2,1-3H3. The summed E-state index contributed by atoms with van der Waals surface area (Å²) in [6.45, 7) is 7.07. The number of pyridine rings is 1. The van der Waals surface area contributed by atoms with Gasteiger partial charge in [0, 0.05) is 32.0 Å². The fourth-order valence-electron chi connectivity index (χ4n) is 3.88. The maximum Gasteiger partial charge on any atom is 0.143 e. The molecule has 3 aromatic rings. The third-order valence-corrected chi connectivity index (χ3v) is 5.11. The van der Waals surface area contributed by atoms with Crippen LogP contribution in [0.15, 0.2) is 35.2 Å². The van der Waals surface area contributed by atoms with Gasteiger partial charge in [-0.25, -0.2) is 4.98 Å². The van der Waals surface area contributed by atoms with Crippen LogP contribution in [-0.2, 0) is 20.0 Å². The minimum Gasteiger partial charge on any atom is -0.361 e. The first-order valence-corrected chi connectivity index (χ1v) is 9.17. The van der Waals surface area contributed by atoms with E-state index in [9.17, 15) is 0 Å². The van der Waals surface area contributed by atoms with Crippen LogP contribution in [0.2, 0.25) is 0 Å². The Morgan fingerprint density at radius 1 is 1.23 bits per heavy atom. The van der Waals surface area contributed by atoms with Crippen LogP contribution in [0.25, 0.3) is 11.3 Å². The van der Waals surface area contributed by atoms with Crippen LogP contribution in [0.4, 0.5) is 0 Å². The van der Waals surface area contributed by atoms with Gasteiger partial charge in [0.1, 0.15) is 5.76 Å². The van der Waals surface area contributed by atoms with E-state index >= 15 is 0 Å². The highest BCUT2D eigenvalue weighted by molar-refractivity contribution is 5.63. The Morgan fingerprint density at radius 3 is 2.85 bits per heavy atom. The van der Waals surface area contributed by atoms with Crippen LogP contribution >= 0.6 is 0 Å². The molecule has 0 radical (unpaired) electrons. The molecular weight excluding hydrogens is 326 g/mol. The second-order valence-corrected chi connectivity index (χ2v) is 7.34. The van der Waals surface area contributed by atoms with Crippen molar-refractivity contribution in [3.05, 3.63) is 53.6 Å². The Morgan fingerprint density at radius 2 is 2.12 bits per heavy atom. The van der Waals surface area contributed by atoms with Crippen molar-refractivity contribution in [3.63, 3.8) is 0 Å². The molecule has 1 aliphatic heterocycles. The Bertz CT molecular complexity index is 878. The minimum absolute atomic E-state index is 0.645. The van der Waals surface area contributed by atoms with Crippen LogP contribution in [0.1, 0.15) is 29.3 Å². The van der Waals surface area contributed by atoms with Crippen molar-refractivity contribution in [1.29, 1.82) is 0 Å². The van der Waals surface area contributed by atoms with Crippen LogP contribution in [0, 0.1) is 19.8 Å². The zero-order valence-electron chi connectivity index (χ0n) is 15.6. The van der Waals surface area contributed by atoms with Gasteiger partial charge in [-0.05, 0) is 51.3 Å². The van der Waals surface area contributed by atoms with Gasteiger partial charge < -0.3 is 9.09 Å². The van der Waals surface area contributed by atoms with E-state index in [1.165, 1.54) is 6.42 Å². The monoisotopic (exact) mass is 351 g/mol. The van der Waals surface area contributed by atoms with E-state index in [1.54, 1.807) is 0 Å². The quantitative estimate of drug-likeness (QED) is 0.707. The van der Waals surface area contributed by atoms with Crippen molar-refractivity contribution in [3.8, 4) is 11.3 Å². The number of imidazole rings is 1. The average molecular weight is 351 g/mol. The molecule has 1 unspecified atom stereocenters. The summed E-state index contributed by atoms with van der Waals surface area (Å²) in [5.41, 5.74) is 5.17. The highest BCUT2D eigenvalue weighted by atomic mass is 16.5. The topological polar surface area (TPSA) is 60.0 Å². The molecule has 1 saturated heterocycles. The van der Waals surface area contributed by atoms with E-state index in [4.69, 9.17) is 9.51 Å². The number of rotatable bonds is 5. The van der Waals surface area contributed by atoms with E-state index in [0.29, 0.717) is 5.92 Å². The van der Waals surface area contributed by atoms with Gasteiger partial charge in [-0.3, -0.25) is 9.88 Å². The lowest BCUT2D eigenvalue weighted by atomic mass is 10.0. The van der Waals surface area contributed by atoms with Crippen LogP contribution in [-0.4, -0.2) is 37.7 Å². The smallest absolute Gasteiger partial charge is 0.143 e. The number of nitrogens with zero attached hydrogens (tertiary/aromatic N) is 5. The SMILES string of the molecule is Cc1noc(C)c1-c1cccc(CC2CCN(Cc3cn(C)cn3)C2)n1. The Labute approximate surface area is 153 Å². The number of hydrogen-bond acceptors (Lipinski definition) is 5. The third kappa shape index (κ3) is 3.55. The molecular formula is C20H25N5O. The molecule has 0 amide bonds. The Kier molecular flexibility index (Phi) is 4.59. The lowest BCUT2D eigenvalue weighted by molar-refractivity contribution is 0.312. The predicted molar refractivity (Wildman–Crippen MR) is 99.5 cm³/mol. The molecule has 0 spiro atoms. The van der Waals surface area contributed by atoms with Crippen molar-refractivity contribution in [2.75, 3.05) is 13.1 Å². The third-order valence-electron chi connectivity index (χ3n) is 5.11. The normalized spacial score (nSPS) is 17.9. The molecule has 3 aromatic heterocycles. The summed E-state index contributed by atoms with van der Waals surface area (Å²) < 4.78 is 7.30. The number of aryl methyl sites for hydroxylation is 3. The first-order valence-electron chi connectivity index (χ1n) is 9.17. The summed E-state index contributed by atoms with van der Waals surface area (Å²) in [5, 5.41) is 4.05. The summed E-state index contributed by atoms with van der Waals surface area (Å²) >= 11 is 0. The van der Waals surface area contributed by atoms with Gasteiger partial charge in [-0.2, -0.15) is 0 Å². The van der Waals surface area contributed by atoms with Gasteiger partial charge in [0.15, 0.2) is 0 Å². The van der Waals surface area contributed by atoms with Gasteiger partial charge in [-0.1, -0.05) is 11.2 Å². The van der Waals surface area contributed by atoms with E-state index in [0.717, 1.165) is 60.2 Å². The molecule has 0 saturated carbocycles. The fraction of sp³-hybridized carbons (Fsp3) is 0.450. The highest BCUT2D eigenvalue weighted by Gasteiger charge is 2.24. The van der Waals surface area contributed by atoms with Crippen molar-refractivity contribution >= 4 is 0 Å². The Balaban J connectivity index is 1.41. The summed E-state index contributed by atoms with van der Waals surface area (Å²) in [7, 11) is 2.01. The first kappa shape index (κ1) is 17.0. The zero-order valence-corrected chi connectivity index (χ0v) is 15.6. The maximum absolute atomic E-state index is 5.29. The van der Waals surface area contributed by atoms with E-state index in [2.05, 4.69) is 33.4 Å². The van der Waals surface area contributed by atoms with E-state index in [1.807, 2.05) is 37.9 Å². The molecule has 4 heterocycles. The van der Waals surface area contributed by atoms with Crippen molar-refractivity contribution in [2.45, 2.75) is 33.2 Å². The largest absolute Gasteiger partial charge is 0.361 e. The summed E-state index contributed by atoms with van der Waals surface area (Å²) in [5.74, 6) is 1.47. The molecule has 6 nitrogen and oxygen atoms in total. The van der Waals surface area contributed by atoms with Crippen molar-refractivity contribution in [2.24, 2.45) is 13.0 Å². The van der Waals surface area contributed by atoms with Crippen LogP contribution in [0.5, 0.6) is 0 Å². The molecule has 0 bridgehead atoms. The Hall–Kier alpha value is -2.47. The van der Waals surface area contributed by atoms with E-state index in [-0.39, 0.29) is 0 Å². The molecule has 6 heteroatoms.